The maximum atomic E-state index is 12.4. The molecule has 0 atom stereocenters. The summed E-state index contributed by atoms with van der Waals surface area (Å²) in [6.07, 6.45) is 0. The first kappa shape index (κ1) is 15.8. The van der Waals surface area contributed by atoms with Crippen molar-refractivity contribution in [2.45, 2.75) is 11.8 Å². The van der Waals surface area contributed by atoms with Crippen molar-refractivity contribution in [2.75, 3.05) is 11.3 Å². The van der Waals surface area contributed by atoms with E-state index < -0.39 is 16.0 Å². The lowest BCUT2D eigenvalue weighted by atomic mass is 10.2. The molecule has 116 valence electrons. The molecule has 2 aromatic carbocycles. The number of carbonyl (C=O) groups is 1. The van der Waals surface area contributed by atoms with E-state index >= 15 is 0 Å². The normalized spacial score (nSPS) is 11.0. The Morgan fingerprint density at radius 2 is 1.91 bits per heavy atom. The number of carboxylic acids is 1. The molecule has 6 nitrogen and oxygen atoms in total. The maximum absolute atomic E-state index is 12.4. The molecule has 0 aromatic heterocycles. The summed E-state index contributed by atoms with van der Waals surface area (Å²) >= 11 is 0. The van der Waals surface area contributed by atoms with E-state index in [-0.39, 0.29) is 16.1 Å². The Bertz CT molecular complexity index is 786. The Labute approximate surface area is 128 Å². The number of sulfonamides is 1. The number of hydrogen-bond donors (Lipinski definition) is 1. The molecule has 0 unspecified atom stereocenters. The highest BCUT2D eigenvalue weighted by atomic mass is 32.2. The average Bonchev–Trinajstić information content (AvgIpc) is 2.49. The van der Waals surface area contributed by atoms with Gasteiger partial charge in [-0.1, -0.05) is 24.3 Å². The number of anilines is 1. The smallest absolute Gasteiger partial charge is 0.262 e. The van der Waals surface area contributed by atoms with Crippen LogP contribution in [-0.2, 0) is 10.0 Å². The van der Waals surface area contributed by atoms with Gasteiger partial charge in [0.25, 0.3) is 10.0 Å². The van der Waals surface area contributed by atoms with Gasteiger partial charge in [0, 0.05) is 0 Å². The van der Waals surface area contributed by atoms with Gasteiger partial charge in [0.15, 0.2) is 0 Å². The van der Waals surface area contributed by atoms with E-state index in [1.807, 2.05) is 0 Å². The molecule has 2 rings (SSSR count). The molecule has 0 fully saturated rings. The zero-order chi connectivity index (χ0) is 16.2. The van der Waals surface area contributed by atoms with Crippen molar-refractivity contribution in [3.8, 4) is 5.75 Å². The highest BCUT2D eigenvalue weighted by Gasteiger charge is 2.17. The van der Waals surface area contributed by atoms with Crippen LogP contribution in [0.25, 0.3) is 0 Å². The molecule has 1 N–H and O–H groups in total. The van der Waals surface area contributed by atoms with Crippen LogP contribution in [0, 0.1) is 0 Å². The second kappa shape index (κ2) is 6.48. The van der Waals surface area contributed by atoms with Crippen LogP contribution in [-0.4, -0.2) is 21.0 Å². The van der Waals surface area contributed by atoms with E-state index in [4.69, 9.17) is 4.74 Å². The summed E-state index contributed by atoms with van der Waals surface area (Å²) in [7, 11) is -3.93. The van der Waals surface area contributed by atoms with Crippen molar-refractivity contribution in [2.24, 2.45) is 0 Å². The van der Waals surface area contributed by atoms with Gasteiger partial charge in [-0.2, -0.15) is 0 Å². The van der Waals surface area contributed by atoms with Crippen LogP contribution in [0.3, 0.4) is 0 Å². The van der Waals surface area contributed by atoms with Gasteiger partial charge in [-0.05, 0) is 36.8 Å². The molecule has 0 amide bonds. The Morgan fingerprint density at radius 1 is 1.18 bits per heavy atom. The average molecular weight is 320 g/mol. The van der Waals surface area contributed by atoms with E-state index in [0.29, 0.717) is 12.4 Å². The predicted octanol–water partition coefficient (Wildman–Crippen LogP) is 1.25. The number of benzene rings is 2. The first-order chi connectivity index (χ1) is 10.4. The van der Waals surface area contributed by atoms with Crippen molar-refractivity contribution in [3.63, 3.8) is 0 Å². The summed E-state index contributed by atoms with van der Waals surface area (Å²) in [6.45, 7) is 2.17. The van der Waals surface area contributed by atoms with E-state index in [1.165, 1.54) is 18.2 Å². The molecule has 0 aliphatic carbocycles. The zero-order valence-corrected chi connectivity index (χ0v) is 12.6. The third kappa shape index (κ3) is 3.56. The molecule has 22 heavy (non-hydrogen) atoms. The third-order valence-electron chi connectivity index (χ3n) is 2.81. The van der Waals surface area contributed by atoms with Crippen LogP contribution in [0.15, 0.2) is 53.4 Å². The number of hydrogen-bond acceptors (Lipinski definition) is 5. The third-order valence-corrected chi connectivity index (χ3v) is 4.17. The predicted molar refractivity (Wildman–Crippen MR) is 79.2 cm³/mol. The number of aromatic carboxylic acids is 1. The van der Waals surface area contributed by atoms with Crippen LogP contribution in [0.2, 0.25) is 0 Å². The van der Waals surface area contributed by atoms with Gasteiger partial charge in [0.2, 0.25) is 0 Å². The fraction of sp³-hybridized carbons (Fsp3) is 0.133. The molecule has 0 saturated carbocycles. The summed E-state index contributed by atoms with van der Waals surface area (Å²) in [4.78, 5) is 10.7. The Hall–Kier alpha value is -2.54. The van der Waals surface area contributed by atoms with Gasteiger partial charge in [0.05, 0.1) is 23.2 Å². The molecule has 7 heteroatoms. The molecule has 2 aromatic rings. The van der Waals surface area contributed by atoms with Gasteiger partial charge in [-0.15, -0.1) is 0 Å². The number of para-hydroxylation sites is 2. The minimum Gasteiger partial charge on any atom is -0.545 e. The van der Waals surface area contributed by atoms with Crippen molar-refractivity contribution >= 4 is 21.7 Å². The van der Waals surface area contributed by atoms with Crippen LogP contribution in [0.5, 0.6) is 5.75 Å². The molecule has 0 saturated heterocycles. The van der Waals surface area contributed by atoms with Gasteiger partial charge >= 0.3 is 0 Å². The van der Waals surface area contributed by atoms with Gasteiger partial charge in [-0.3, -0.25) is 4.72 Å². The van der Waals surface area contributed by atoms with E-state index in [9.17, 15) is 18.3 Å². The minimum atomic E-state index is -3.93. The zero-order valence-electron chi connectivity index (χ0n) is 11.8. The summed E-state index contributed by atoms with van der Waals surface area (Å²) in [6, 6.07) is 11.5. The summed E-state index contributed by atoms with van der Waals surface area (Å²) in [5, 5.41) is 10.8. The number of ether oxygens (including phenoxy) is 1. The van der Waals surface area contributed by atoms with Crippen LogP contribution in [0.1, 0.15) is 17.3 Å². The van der Waals surface area contributed by atoms with Crippen LogP contribution >= 0.6 is 0 Å². The monoisotopic (exact) mass is 320 g/mol. The number of nitrogens with one attached hydrogen (secondary N) is 1. The quantitative estimate of drug-likeness (QED) is 0.864. The SMILES string of the molecule is CCOc1ccccc1NS(=O)(=O)c1cccc(C(=O)[O-])c1. The van der Waals surface area contributed by atoms with Gasteiger partial charge < -0.3 is 14.6 Å². The molecule has 0 aliphatic heterocycles. The fourth-order valence-corrected chi connectivity index (χ4v) is 2.94. The molecular weight excluding hydrogens is 306 g/mol. The number of carboxylic acid groups (broad SMARTS) is 1. The highest BCUT2D eigenvalue weighted by molar-refractivity contribution is 7.92. The second-order valence-corrected chi connectivity index (χ2v) is 6.03. The Kier molecular flexibility index (Phi) is 4.67. The van der Waals surface area contributed by atoms with Crippen molar-refractivity contribution in [3.05, 3.63) is 54.1 Å². The van der Waals surface area contributed by atoms with Gasteiger partial charge in [-0.25, -0.2) is 8.42 Å². The molecule has 0 heterocycles. The van der Waals surface area contributed by atoms with E-state index in [1.54, 1.807) is 31.2 Å². The first-order valence-corrected chi connectivity index (χ1v) is 7.98. The topological polar surface area (TPSA) is 95.5 Å². The summed E-state index contributed by atoms with van der Waals surface area (Å²) < 4.78 is 32.4. The lowest BCUT2D eigenvalue weighted by Crippen LogP contribution is -2.23. The molecule has 0 bridgehead atoms. The lowest BCUT2D eigenvalue weighted by Gasteiger charge is -2.13. The molecular formula is C15H14NO5S-. The maximum Gasteiger partial charge on any atom is 0.262 e. The van der Waals surface area contributed by atoms with Crippen LogP contribution in [0.4, 0.5) is 5.69 Å². The van der Waals surface area contributed by atoms with Crippen molar-refractivity contribution in [1.82, 2.24) is 0 Å². The van der Waals surface area contributed by atoms with Gasteiger partial charge in [0.1, 0.15) is 5.75 Å². The summed E-state index contributed by atoms with van der Waals surface area (Å²) in [5.41, 5.74) is 0.0733. The van der Waals surface area contributed by atoms with Crippen molar-refractivity contribution in [1.29, 1.82) is 0 Å². The Balaban J connectivity index is 2.36. The standard InChI is InChI=1S/C15H15NO5S/c1-2-21-14-9-4-3-8-13(14)16-22(19,20)12-7-5-6-11(10-12)15(17)18/h3-10,16H,2H2,1H3,(H,17,18)/p-1. The van der Waals surface area contributed by atoms with E-state index in [0.717, 1.165) is 6.07 Å². The number of carbonyl (C=O) groups excluding carboxylic acids is 1. The second-order valence-electron chi connectivity index (χ2n) is 4.35. The highest BCUT2D eigenvalue weighted by Crippen LogP contribution is 2.26. The first-order valence-electron chi connectivity index (χ1n) is 6.50. The number of rotatable bonds is 6. The summed E-state index contributed by atoms with van der Waals surface area (Å²) in [5.74, 6) is -1.05. The lowest BCUT2D eigenvalue weighted by molar-refractivity contribution is -0.255. The van der Waals surface area contributed by atoms with Crippen LogP contribution < -0.4 is 14.6 Å². The minimum absolute atomic E-state index is 0.166. The fourth-order valence-electron chi connectivity index (χ4n) is 1.83. The van der Waals surface area contributed by atoms with E-state index in [2.05, 4.69) is 4.72 Å². The molecule has 0 aliphatic rings. The largest absolute Gasteiger partial charge is 0.545 e. The molecule has 0 spiro atoms. The van der Waals surface area contributed by atoms with Crippen molar-refractivity contribution < 1.29 is 23.1 Å². The Morgan fingerprint density at radius 3 is 2.59 bits per heavy atom. The molecule has 0 radical (unpaired) electrons.